The van der Waals surface area contributed by atoms with Crippen molar-refractivity contribution in [3.05, 3.63) is 35.9 Å². The van der Waals surface area contributed by atoms with Crippen LogP contribution in [-0.4, -0.2) is 66.4 Å². The molecule has 4 amide bonds. The van der Waals surface area contributed by atoms with E-state index in [0.717, 1.165) is 39.1 Å². The Hall–Kier alpha value is -2.41. The minimum atomic E-state index is -0.580. The van der Waals surface area contributed by atoms with E-state index in [1.165, 1.54) is 5.56 Å². The quantitative estimate of drug-likeness (QED) is 0.730. The molecule has 7 nitrogen and oxygen atoms in total. The molecule has 2 fully saturated rings. The Morgan fingerprint density at radius 2 is 1.80 bits per heavy atom. The van der Waals surface area contributed by atoms with Gasteiger partial charge in [0, 0.05) is 39.1 Å². The Labute approximate surface area is 147 Å². The number of nitrogens with one attached hydrogen (secondary N) is 2. The third kappa shape index (κ3) is 4.79. The average Bonchev–Trinajstić information content (AvgIpc) is 2.96. The van der Waals surface area contributed by atoms with Crippen molar-refractivity contribution >= 4 is 17.8 Å². The molecule has 2 heterocycles. The zero-order valence-corrected chi connectivity index (χ0v) is 14.2. The SMILES string of the molecule is O=C1NC(=O)[C@H](CCC(=O)N2CCN(CCc3ccccc3)CC2)N1. The Bertz CT molecular complexity index is 626. The highest BCUT2D eigenvalue weighted by Crippen LogP contribution is 2.09. The van der Waals surface area contributed by atoms with Crippen LogP contribution in [0.15, 0.2) is 30.3 Å². The van der Waals surface area contributed by atoms with Crippen molar-refractivity contribution in [1.82, 2.24) is 20.4 Å². The van der Waals surface area contributed by atoms with E-state index in [1.54, 1.807) is 0 Å². The van der Waals surface area contributed by atoms with Gasteiger partial charge < -0.3 is 10.2 Å². The first-order valence-corrected chi connectivity index (χ1v) is 8.77. The highest BCUT2D eigenvalue weighted by atomic mass is 16.2. The Morgan fingerprint density at radius 3 is 2.44 bits per heavy atom. The van der Waals surface area contributed by atoms with Crippen LogP contribution in [-0.2, 0) is 16.0 Å². The summed E-state index contributed by atoms with van der Waals surface area (Å²) >= 11 is 0. The van der Waals surface area contributed by atoms with Gasteiger partial charge in [-0.2, -0.15) is 0 Å². The fourth-order valence-corrected chi connectivity index (χ4v) is 3.24. The van der Waals surface area contributed by atoms with E-state index >= 15 is 0 Å². The minimum absolute atomic E-state index is 0.0525. The molecule has 0 radical (unpaired) electrons. The van der Waals surface area contributed by atoms with Gasteiger partial charge >= 0.3 is 6.03 Å². The lowest BCUT2D eigenvalue weighted by molar-refractivity contribution is -0.133. The third-order valence-corrected chi connectivity index (χ3v) is 4.79. The molecule has 7 heteroatoms. The van der Waals surface area contributed by atoms with Crippen LogP contribution in [0.4, 0.5) is 4.79 Å². The van der Waals surface area contributed by atoms with Gasteiger partial charge in [0.25, 0.3) is 5.91 Å². The van der Waals surface area contributed by atoms with E-state index in [2.05, 4.69) is 39.8 Å². The summed E-state index contributed by atoms with van der Waals surface area (Å²) in [4.78, 5) is 39.1. The van der Waals surface area contributed by atoms with Crippen molar-refractivity contribution < 1.29 is 14.4 Å². The maximum Gasteiger partial charge on any atom is 0.322 e. The van der Waals surface area contributed by atoms with Gasteiger partial charge in [0.2, 0.25) is 5.91 Å². The van der Waals surface area contributed by atoms with Crippen molar-refractivity contribution in [3.63, 3.8) is 0 Å². The summed E-state index contributed by atoms with van der Waals surface area (Å²) in [6.45, 7) is 4.19. The van der Waals surface area contributed by atoms with Gasteiger partial charge in [-0.25, -0.2) is 4.79 Å². The van der Waals surface area contributed by atoms with Gasteiger partial charge in [-0.15, -0.1) is 0 Å². The second-order valence-corrected chi connectivity index (χ2v) is 6.51. The van der Waals surface area contributed by atoms with E-state index in [9.17, 15) is 14.4 Å². The Kier molecular flexibility index (Phi) is 5.65. The number of urea groups is 1. The number of hydrogen-bond acceptors (Lipinski definition) is 4. The minimum Gasteiger partial charge on any atom is -0.340 e. The van der Waals surface area contributed by atoms with Crippen LogP contribution in [0.3, 0.4) is 0 Å². The molecule has 1 aromatic carbocycles. The first kappa shape index (κ1) is 17.4. The van der Waals surface area contributed by atoms with Crippen LogP contribution < -0.4 is 10.6 Å². The molecule has 3 rings (SSSR count). The number of carbonyl (C=O) groups excluding carboxylic acids is 3. The molecule has 0 bridgehead atoms. The van der Waals surface area contributed by atoms with E-state index in [0.29, 0.717) is 6.42 Å². The molecule has 0 spiro atoms. The van der Waals surface area contributed by atoms with Gasteiger partial charge in [-0.3, -0.25) is 19.8 Å². The first-order valence-electron chi connectivity index (χ1n) is 8.77. The van der Waals surface area contributed by atoms with Gasteiger partial charge in [-0.05, 0) is 18.4 Å². The number of nitrogens with zero attached hydrogens (tertiary/aromatic N) is 2. The molecule has 1 atom stereocenters. The number of amides is 4. The van der Waals surface area contributed by atoms with Gasteiger partial charge in [-0.1, -0.05) is 30.3 Å². The summed E-state index contributed by atoms with van der Waals surface area (Å²) in [5, 5.41) is 4.71. The molecule has 134 valence electrons. The lowest BCUT2D eigenvalue weighted by Crippen LogP contribution is -2.49. The second-order valence-electron chi connectivity index (χ2n) is 6.51. The second kappa shape index (κ2) is 8.11. The van der Waals surface area contributed by atoms with Gasteiger partial charge in [0.15, 0.2) is 0 Å². The van der Waals surface area contributed by atoms with Crippen molar-refractivity contribution in [2.75, 3.05) is 32.7 Å². The summed E-state index contributed by atoms with van der Waals surface area (Å²) < 4.78 is 0. The van der Waals surface area contributed by atoms with Gasteiger partial charge in [0.1, 0.15) is 6.04 Å². The Morgan fingerprint density at radius 1 is 1.08 bits per heavy atom. The number of piperazine rings is 1. The highest BCUT2D eigenvalue weighted by Gasteiger charge is 2.30. The first-order chi connectivity index (χ1) is 12.1. The summed E-state index contributed by atoms with van der Waals surface area (Å²) in [5.74, 6) is -0.291. The molecular weight excluding hydrogens is 320 g/mol. The van der Waals surface area contributed by atoms with Crippen LogP contribution in [0.25, 0.3) is 0 Å². The number of hydrogen-bond donors (Lipinski definition) is 2. The van der Waals surface area contributed by atoms with Crippen molar-refractivity contribution in [2.45, 2.75) is 25.3 Å². The molecule has 2 aliphatic rings. The molecule has 2 N–H and O–H groups in total. The molecular formula is C18H24N4O3. The number of rotatable bonds is 6. The lowest BCUT2D eigenvalue weighted by Gasteiger charge is -2.35. The van der Waals surface area contributed by atoms with E-state index in [4.69, 9.17) is 0 Å². The zero-order valence-electron chi connectivity index (χ0n) is 14.2. The van der Waals surface area contributed by atoms with Crippen LogP contribution >= 0.6 is 0 Å². The zero-order chi connectivity index (χ0) is 17.6. The highest BCUT2D eigenvalue weighted by molar-refractivity contribution is 6.04. The fraction of sp³-hybridized carbons (Fsp3) is 0.500. The van der Waals surface area contributed by atoms with E-state index < -0.39 is 12.1 Å². The maximum absolute atomic E-state index is 12.3. The predicted octanol–water partition coefficient (Wildman–Crippen LogP) is 0.362. The summed E-state index contributed by atoms with van der Waals surface area (Å²) in [6.07, 6.45) is 1.65. The molecule has 0 saturated carbocycles. The van der Waals surface area contributed by atoms with Crippen molar-refractivity contribution in [3.8, 4) is 0 Å². The molecule has 25 heavy (non-hydrogen) atoms. The number of carbonyl (C=O) groups is 3. The van der Waals surface area contributed by atoms with E-state index in [1.807, 2.05) is 11.0 Å². The summed E-state index contributed by atoms with van der Waals surface area (Å²) in [7, 11) is 0. The van der Waals surface area contributed by atoms with Crippen LogP contribution in [0.2, 0.25) is 0 Å². The van der Waals surface area contributed by atoms with Crippen LogP contribution in [0.5, 0.6) is 0 Å². The van der Waals surface area contributed by atoms with Crippen LogP contribution in [0.1, 0.15) is 18.4 Å². The largest absolute Gasteiger partial charge is 0.340 e. The predicted molar refractivity (Wildman–Crippen MR) is 92.9 cm³/mol. The monoisotopic (exact) mass is 344 g/mol. The molecule has 0 unspecified atom stereocenters. The maximum atomic E-state index is 12.3. The molecule has 2 aliphatic heterocycles. The third-order valence-electron chi connectivity index (χ3n) is 4.79. The molecule has 0 aliphatic carbocycles. The molecule has 0 aromatic heterocycles. The van der Waals surface area contributed by atoms with Gasteiger partial charge in [0.05, 0.1) is 0 Å². The Balaban J connectivity index is 1.36. The normalized spacial score (nSPS) is 21.1. The van der Waals surface area contributed by atoms with Crippen molar-refractivity contribution in [2.24, 2.45) is 0 Å². The lowest BCUT2D eigenvalue weighted by atomic mass is 10.1. The average molecular weight is 344 g/mol. The smallest absolute Gasteiger partial charge is 0.322 e. The molecule has 2 saturated heterocycles. The fourth-order valence-electron chi connectivity index (χ4n) is 3.24. The number of benzene rings is 1. The summed E-state index contributed by atoms with van der Waals surface area (Å²) in [5.41, 5.74) is 1.33. The van der Waals surface area contributed by atoms with E-state index in [-0.39, 0.29) is 18.2 Å². The standard InChI is InChI=1S/C18H24N4O3/c23-16(7-6-15-17(24)20-18(25)19-15)22-12-10-21(11-13-22)9-8-14-4-2-1-3-5-14/h1-5,15H,6-13H2,(H2,19,20,24,25)/t15-/m0/s1. The van der Waals surface area contributed by atoms with Crippen LogP contribution in [0, 0.1) is 0 Å². The topological polar surface area (TPSA) is 81.8 Å². The number of imide groups is 1. The summed E-state index contributed by atoms with van der Waals surface area (Å²) in [6, 6.07) is 9.35. The molecule has 1 aromatic rings. The van der Waals surface area contributed by atoms with Crippen molar-refractivity contribution in [1.29, 1.82) is 0 Å².